The zero-order valence-corrected chi connectivity index (χ0v) is 10.6. The second-order valence-corrected chi connectivity index (χ2v) is 4.39. The molecule has 0 aliphatic heterocycles. The highest BCUT2D eigenvalue weighted by atomic mass is 35.5. The van der Waals surface area contributed by atoms with Crippen molar-refractivity contribution in [3.63, 3.8) is 0 Å². The van der Waals surface area contributed by atoms with Crippen LogP contribution in [0.2, 0.25) is 5.02 Å². The number of benzene rings is 1. The van der Waals surface area contributed by atoms with Gasteiger partial charge >= 0.3 is 5.97 Å². The van der Waals surface area contributed by atoms with E-state index in [1.807, 2.05) is 26.0 Å². The molecule has 0 saturated heterocycles. The smallest absolute Gasteiger partial charge is 0.323 e. The molecule has 0 aliphatic rings. The second kappa shape index (κ2) is 6.00. The van der Waals surface area contributed by atoms with Crippen molar-refractivity contribution in [1.82, 2.24) is 5.32 Å². The van der Waals surface area contributed by atoms with E-state index in [1.54, 1.807) is 0 Å². The van der Waals surface area contributed by atoms with Crippen LogP contribution in [-0.2, 0) is 11.3 Å². The largest absolute Gasteiger partial charge is 0.480 e. The number of hydrogen-bond donors (Lipinski definition) is 3. The molecule has 1 aromatic carbocycles. The van der Waals surface area contributed by atoms with Gasteiger partial charge in [0, 0.05) is 11.6 Å². The van der Waals surface area contributed by atoms with E-state index in [0.29, 0.717) is 11.6 Å². The van der Waals surface area contributed by atoms with E-state index < -0.39 is 18.6 Å². The molecule has 1 atom stereocenters. The molecule has 0 aromatic heterocycles. The lowest BCUT2D eigenvalue weighted by molar-refractivity contribution is -0.140. The summed E-state index contributed by atoms with van der Waals surface area (Å²) in [5.41, 5.74) is 2.96. The molecule has 1 unspecified atom stereocenters. The zero-order valence-electron chi connectivity index (χ0n) is 9.83. The third-order valence-corrected chi connectivity index (χ3v) is 3.04. The number of aryl methyl sites for hydroxylation is 2. The highest BCUT2D eigenvalue weighted by molar-refractivity contribution is 6.31. The molecule has 0 spiro atoms. The minimum absolute atomic E-state index is 0.364. The summed E-state index contributed by atoms with van der Waals surface area (Å²) in [6, 6.07) is 2.82. The van der Waals surface area contributed by atoms with Gasteiger partial charge in [-0.25, -0.2) is 0 Å². The highest BCUT2D eigenvalue weighted by Crippen LogP contribution is 2.20. The number of aliphatic carboxylic acids is 1. The van der Waals surface area contributed by atoms with Crippen molar-refractivity contribution in [2.24, 2.45) is 0 Å². The van der Waals surface area contributed by atoms with Gasteiger partial charge in [-0.05, 0) is 36.6 Å². The van der Waals surface area contributed by atoms with Gasteiger partial charge in [0.2, 0.25) is 0 Å². The highest BCUT2D eigenvalue weighted by Gasteiger charge is 2.15. The maximum atomic E-state index is 10.7. The Morgan fingerprint density at radius 2 is 2.06 bits per heavy atom. The molecule has 4 nitrogen and oxygen atoms in total. The lowest BCUT2D eigenvalue weighted by Gasteiger charge is -2.14. The number of nitrogens with one attached hydrogen (secondary N) is 1. The fourth-order valence-corrected chi connectivity index (χ4v) is 1.71. The lowest BCUT2D eigenvalue weighted by Crippen LogP contribution is -2.39. The number of carbonyl (C=O) groups is 1. The summed E-state index contributed by atoms with van der Waals surface area (Å²) in [5.74, 6) is -1.07. The number of hydrogen-bond acceptors (Lipinski definition) is 3. The third kappa shape index (κ3) is 3.70. The standard InChI is InChI=1S/C12H16ClNO3/c1-7-3-8(2)10(13)4-9(7)5-14-11(6-15)12(16)17/h3-4,11,14-15H,5-6H2,1-2H3,(H,16,17). The molecule has 0 heterocycles. The first-order valence-corrected chi connectivity index (χ1v) is 5.66. The Balaban J connectivity index is 2.75. The number of halogens is 1. The van der Waals surface area contributed by atoms with Gasteiger partial charge in [-0.3, -0.25) is 10.1 Å². The van der Waals surface area contributed by atoms with Crippen LogP contribution in [-0.4, -0.2) is 28.8 Å². The van der Waals surface area contributed by atoms with Crippen molar-refractivity contribution in [1.29, 1.82) is 0 Å². The fraction of sp³-hybridized carbons (Fsp3) is 0.417. The molecule has 3 N–H and O–H groups in total. The molecule has 0 radical (unpaired) electrons. The maximum Gasteiger partial charge on any atom is 0.323 e. The molecular formula is C12H16ClNO3. The van der Waals surface area contributed by atoms with E-state index in [4.69, 9.17) is 21.8 Å². The lowest BCUT2D eigenvalue weighted by atomic mass is 10.1. The topological polar surface area (TPSA) is 69.6 Å². The normalized spacial score (nSPS) is 12.5. The molecule has 17 heavy (non-hydrogen) atoms. The van der Waals surface area contributed by atoms with Gasteiger partial charge in [-0.2, -0.15) is 0 Å². The summed E-state index contributed by atoms with van der Waals surface area (Å²) in [5, 5.41) is 21.1. The van der Waals surface area contributed by atoms with Crippen LogP contribution >= 0.6 is 11.6 Å². The SMILES string of the molecule is Cc1cc(C)c(CNC(CO)C(=O)O)cc1Cl. The summed E-state index contributed by atoms with van der Waals surface area (Å²) >= 11 is 6.00. The monoisotopic (exact) mass is 257 g/mol. The third-order valence-electron chi connectivity index (χ3n) is 2.64. The van der Waals surface area contributed by atoms with Gasteiger partial charge in [0.25, 0.3) is 0 Å². The molecule has 1 aromatic rings. The van der Waals surface area contributed by atoms with Crippen molar-refractivity contribution in [2.45, 2.75) is 26.4 Å². The predicted molar refractivity (Wildman–Crippen MR) is 66.3 cm³/mol. The van der Waals surface area contributed by atoms with E-state index >= 15 is 0 Å². The molecule has 0 fully saturated rings. The average molecular weight is 258 g/mol. The average Bonchev–Trinajstić information content (AvgIpc) is 2.25. The minimum Gasteiger partial charge on any atom is -0.480 e. The van der Waals surface area contributed by atoms with E-state index in [9.17, 15) is 4.79 Å². The van der Waals surface area contributed by atoms with Crippen LogP contribution in [0.3, 0.4) is 0 Å². The molecular weight excluding hydrogens is 242 g/mol. The van der Waals surface area contributed by atoms with E-state index in [2.05, 4.69) is 5.32 Å². The summed E-state index contributed by atoms with van der Waals surface area (Å²) in [6.45, 7) is 3.78. The van der Waals surface area contributed by atoms with E-state index in [-0.39, 0.29) is 0 Å². The number of carboxylic acid groups (broad SMARTS) is 1. The van der Waals surface area contributed by atoms with Crippen LogP contribution in [0, 0.1) is 13.8 Å². The maximum absolute atomic E-state index is 10.7. The Kier molecular flexibility index (Phi) is 4.93. The minimum atomic E-state index is -1.07. The Morgan fingerprint density at radius 1 is 1.41 bits per heavy atom. The van der Waals surface area contributed by atoms with Gasteiger partial charge < -0.3 is 10.2 Å². The van der Waals surface area contributed by atoms with Gasteiger partial charge in [0.15, 0.2) is 0 Å². The predicted octanol–water partition coefficient (Wildman–Crippen LogP) is 1.49. The summed E-state index contributed by atoms with van der Waals surface area (Å²) < 4.78 is 0. The van der Waals surface area contributed by atoms with Crippen molar-refractivity contribution < 1.29 is 15.0 Å². The van der Waals surface area contributed by atoms with Crippen LogP contribution < -0.4 is 5.32 Å². The molecule has 0 bridgehead atoms. The Bertz CT molecular complexity index is 420. The number of rotatable bonds is 5. The molecule has 0 aliphatic carbocycles. The van der Waals surface area contributed by atoms with Crippen molar-refractivity contribution in [3.05, 3.63) is 33.8 Å². The zero-order chi connectivity index (χ0) is 13.0. The summed E-state index contributed by atoms with van der Waals surface area (Å²) in [7, 11) is 0. The summed E-state index contributed by atoms with van der Waals surface area (Å²) in [6.07, 6.45) is 0. The van der Waals surface area contributed by atoms with Gasteiger partial charge in [-0.15, -0.1) is 0 Å². The number of aliphatic hydroxyl groups is 1. The van der Waals surface area contributed by atoms with Crippen LogP contribution in [0.25, 0.3) is 0 Å². The van der Waals surface area contributed by atoms with Crippen LogP contribution in [0.1, 0.15) is 16.7 Å². The first kappa shape index (κ1) is 14.0. The van der Waals surface area contributed by atoms with Gasteiger partial charge in [0.05, 0.1) is 6.61 Å². The Morgan fingerprint density at radius 3 is 2.59 bits per heavy atom. The van der Waals surface area contributed by atoms with Crippen molar-refractivity contribution in [2.75, 3.05) is 6.61 Å². The van der Waals surface area contributed by atoms with Crippen LogP contribution in [0.5, 0.6) is 0 Å². The molecule has 5 heteroatoms. The second-order valence-electron chi connectivity index (χ2n) is 3.98. The summed E-state index contributed by atoms with van der Waals surface area (Å²) in [4.78, 5) is 10.7. The first-order chi connectivity index (χ1) is 7.95. The van der Waals surface area contributed by atoms with Crippen molar-refractivity contribution in [3.8, 4) is 0 Å². The molecule has 0 saturated carbocycles. The van der Waals surface area contributed by atoms with E-state index in [0.717, 1.165) is 16.7 Å². The number of carboxylic acids is 1. The van der Waals surface area contributed by atoms with Gasteiger partial charge in [-0.1, -0.05) is 17.7 Å². The van der Waals surface area contributed by atoms with Crippen LogP contribution in [0.4, 0.5) is 0 Å². The number of aliphatic hydroxyl groups excluding tert-OH is 1. The Labute approximate surface area is 105 Å². The molecule has 1 rings (SSSR count). The molecule has 94 valence electrons. The Hall–Kier alpha value is -1.10. The quantitative estimate of drug-likeness (QED) is 0.748. The van der Waals surface area contributed by atoms with Crippen LogP contribution in [0.15, 0.2) is 12.1 Å². The first-order valence-electron chi connectivity index (χ1n) is 5.28. The fourth-order valence-electron chi connectivity index (χ4n) is 1.52. The van der Waals surface area contributed by atoms with Gasteiger partial charge in [0.1, 0.15) is 6.04 Å². The van der Waals surface area contributed by atoms with E-state index in [1.165, 1.54) is 0 Å². The molecule has 0 amide bonds. The van der Waals surface area contributed by atoms with Crippen molar-refractivity contribution >= 4 is 17.6 Å².